The second-order valence-electron chi connectivity index (χ2n) is 3.74. The number of aromatic amines is 1. The molecule has 0 aliphatic heterocycles. The van der Waals surface area contributed by atoms with E-state index in [0.29, 0.717) is 16.3 Å². The average Bonchev–Trinajstić information content (AvgIpc) is 2.93. The van der Waals surface area contributed by atoms with Crippen molar-refractivity contribution >= 4 is 27.3 Å². The molecule has 0 spiro atoms. The summed E-state index contributed by atoms with van der Waals surface area (Å²) in [5.74, 6) is 5.43. The Kier molecular flexibility index (Phi) is 4.29. The second kappa shape index (κ2) is 5.96. The summed E-state index contributed by atoms with van der Waals surface area (Å²) in [4.78, 5) is 0.0326. The van der Waals surface area contributed by atoms with Gasteiger partial charge in [0.15, 0.2) is 0 Å². The van der Waals surface area contributed by atoms with Gasteiger partial charge in [0.1, 0.15) is 4.90 Å². The van der Waals surface area contributed by atoms with Crippen molar-refractivity contribution in [1.82, 2.24) is 10.2 Å². The number of sulfonamides is 1. The highest BCUT2D eigenvalue weighted by atomic mass is 35.5. The Labute approximate surface area is 121 Å². The zero-order valence-electron chi connectivity index (χ0n) is 10.2. The van der Waals surface area contributed by atoms with Crippen molar-refractivity contribution in [2.45, 2.75) is 4.90 Å². The summed E-state index contributed by atoms with van der Waals surface area (Å²) in [6.45, 7) is 0.167. The number of benzene rings is 1. The SMILES string of the molecule is NCC#Cc1cc(Cl)ccc1NS(=O)(=O)c1cn[nH]c1. The zero-order chi connectivity index (χ0) is 14.6. The van der Waals surface area contributed by atoms with Crippen LogP contribution in [0.2, 0.25) is 5.02 Å². The third-order valence-electron chi connectivity index (χ3n) is 2.33. The fourth-order valence-electron chi connectivity index (χ4n) is 1.44. The minimum atomic E-state index is -3.72. The molecule has 8 heteroatoms. The lowest BCUT2D eigenvalue weighted by atomic mass is 10.2. The molecule has 0 radical (unpaired) electrons. The summed E-state index contributed by atoms with van der Waals surface area (Å²) in [5.41, 5.74) is 6.10. The number of nitrogens with zero attached hydrogens (tertiary/aromatic N) is 1. The van der Waals surface area contributed by atoms with Crippen LogP contribution in [0.1, 0.15) is 5.56 Å². The molecular weight excluding hydrogens is 300 g/mol. The van der Waals surface area contributed by atoms with E-state index in [-0.39, 0.29) is 11.4 Å². The van der Waals surface area contributed by atoms with Gasteiger partial charge in [0.2, 0.25) is 0 Å². The minimum Gasteiger partial charge on any atom is -0.320 e. The Morgan fingerprint density at radius 3 is 2.90 bits per heavy atom. The Morgan fingerprint density at radius 2 is 2.25 bits per heavy atom. The topological polar surface area (TPSA) is 101 Å². The molecule has 1 aromatic carbocycles. The summed E-state index contributed by atoms with van der Waals surface area (Å²) >= 11 is 5.88. The van der Waals surface area contributed by atoms with Crippen LogP contribution in [-0.2, 0) is 10.0 Å². The van der Waals surface area contributed by atoms with E-state index in [1.54, 1.807) is 18.2 Å². The highest BCUT2D eigenvalue weighted by Gasteiger charge is 2.16. The smallest absolute Gasteiger partial charge is 0.265 e. The number of nitrogens with one attached hydrogen (secondary N) is 2. The molecule has 1 heterocycles. The molecule has 104 valence electrons. The van der Waals surface area contributed by atoms with E-state index in [1.807, 2.05) is 0 Å². The summed E-state index contributed by atoms with van der Waals surface area (Å²) in [5, 5.41) is 6.51. The molecule has 0 unspecified atom stereocenters. The first-order chi connectivity index (χ1) is 9.53. The first-order valence-corrected chi connectivity index (χ1v) is 7.39. The molecule has 0 fully saturated rings. The Morgan fingerprint density at radius 1 is 1.45 bits per heavy atom. The highest BCUT2D eigenvalue weighted by molar-refractivity contribution is 7.92. The second-order valence-corrected chi connectivity index (χ2v) is 5.85. The van der Waals surface area contributed by atoms with Crippen LogP contribution < -0.4 is 10.5 Å². The molecule has 2 aromatic rings. The number of aromatic nitrogens is 2. The number of H-pyrrole nitrogens is 1. The van der Waals surface area contributed by atoms with Crippen LogP contribution in [0.4, 0.5) is 5.69 Å². The molecule has 1 aromatic heterocycles. The summed E-state index contributed by atoms with van der Waals surface area (Å²) < 4.78 is 26.6. The van der Waals surface area contributed by atoms with Crippen LogP contribution in [0.25, 0.3) is 0 Å². The quantitative estimate of drug-likeness (QED) is 0.741. The number of rotatable bonds is 3. The van der Waals surface area contributed by atoms with Crippen molar-refractivity contribution in [3.05, 3.63) is 41.2 Å². The zero-order valence-corrected chi connectivity index (χ0v) is 11.8. The molecule has 0 aliphatic rings. The molecule has 20 heavy (non-hydrogen) atoms. The predicted octanol–water partition coefficient (Wildman–Crippen LogP) is 1.17. The fourth-order valence-corrected chi connectivity index (χ4v) is 2.60. The lowest BCUT2D eigenvalue weighted by Gasteiger charge is -2.08. The van der Waals surface area contributed by atoms with Crippen LogP contribution in [0.5, 0.6) is 0 Å². The van der Waals surface area contributed by atoms with Crippen LogP contribution >= 0.6 is 11.6 Å². The van der Waals surface area contributed by atoms with Gasteiger partial charge in [0.05, 0.1) is 24.0 Å². The van der Waals surface area contributed by atoms with E-state index in [2.05, 4.69) is 26.8 Å². The molecule has 4 N–H and O–H groups in total. The third kappa shape index (κ3) is 3.30. The summed E-state index contributed by atoms with van der Waals surface area (Å²) in [6, 6.07) is 4.68. The average molecular weight is 311 g/mol. The third-order valence-corrected chi connectivity index (χ3v) is 3.90. The standard InChI is InChI=1S/C12H11ClN4O2S/c13-10-3-4-12(9(6-10)2-1-5-14)17-20(18,19)11-7-15-16-8-11/h3-4,6-8,17H,5,14H2,(H,15,16). The Balaban J connectivity index is 2.39. The van der Waals surface area contributed by atoms with Crippen molar-refractivity contribution in [2.75, 3.05) is 11.3 Å². The number of anilines is 1. The lowest BCUT2D eigenvalue weighted by Crippen LogP contribution is -2.13. The summed E-state index contributed by atoms with van der Waals surface area (Å²) in [7, 11) is -3.72. The van der Waals surface area contributed by atoms with Gasteiger partial charge in [-0.05, 0) is 18.2 Å². The molecule has 0 bridgehead atoms. The van der Waals surface area contributed by atoms with Crippen LogP contribution in [0, 0.1) is 11.8 Å². The number of hydrogen-bond acceptors (Lipinski definition) is 4. The van der Waals surface area contributed by atoms with E-state index in [9.17, 15) is 8.42 Å². The van der Waals surface area contributed by atoms with E-state index in [4.69, 9.17) is 17.3 Å². The van der Waals surface area contributed by atoms with Crippen molar-refractivity contribution in [1.29, 1.82) is 0 Å². The van der Waals surface area contributed by atoms with Crippen molar-refractivity contribution in [3.8, 4) is 11.8 Å². The highest BCUT2D eigenvalue weighted by Crippen LogP contribution is 2.22. The summed E-state index contributed by atoms with van der Waals surface area (Å²) in [6.07, 6.45) is 2.49. The number of hydrogen-bond donors (Lipinski definition) is 3. The van der Waals surface area contributed by atoms with Gasteiger partial charge in [-0.25, -0.2) is 8.42 Å². The van der Waals surface area contributed by atoms with Crippen LogP contribution in [0.3, 0.4) is 0 Å². The van der Waals surface area contributed by atoms with Crippen molar-refractivity contribution < 1.29 is 8.42 Å². The normalized spacial score (nSPS) is 10.7. The van der Waals surface area contributed by atoms with Gasteiger partial charge in [-0.2, -0.15) is 5.10 Å². The largest absolute Gasteiger partial charge is 0.320 e. The van der Waals surface area contributed by atoms with Crippen LogP contribution in [0.15, 0.2) is 35.5 Å². The van der Waals surface area contributed by atoms with E-state index in [1.165, 1.54) is 12.4 Å². The molecular formula is C12H11ClN4O2S. The molecule has 6 nitrogen and oxygen atoms in total. The minimum absolute atomic E-state index is 0.0326. The first kappa shape index (κ1) is 14.4. The fraction of sp³-hybridized carbons (Fsp3) is 0.0833. The van der Waals surface area contributed by atoms with Crippen molar-refractivity contribution in [3.63, 3.8) is 0 Å². The van der Waals surface area contributed by atoms with Crippen molar-refractivity contribution in [2.24, 2.45) is 5.73 Å². The Hall–Kier alpha value is -2.01. The number of halogens is 1. The molecule has 0 aliphatic carbocycles. The maximum absolute atomic E-state index is 12.1. The van der Waals surface area contributed by atoms with Gasteiger partial charge in [-0.3, -0.25) is 9.82 Å². The predicted molar refractivity (Wildman–Crippen MR) is 76.8 cm³/mol. The van der Waals surface area contributed by atoms with Gasteiger partial charge in [-0.1, -0.05) is 23.4 Å². The van der Waals surface area contributed by atoms with E-state index < -0.39 is 10.0 Å². The monoisotopic (exact) mass is 310 g/mol. The van der Waals surface area contributed by atoms with Gasteiger partial charge in [0, 0.05) is 11.2 Å². The lowest BCUT2D eigenvalue weighted by molar-refractivity contribution is 0.601. The van der Waals surface area contributed by atoms with Gasteiger partial charge >= 0.3 is 0 Å². The molecule has 0 saturated heterocycles. The number of nitrogens with two attached hydrogens (primary N) is 1. The molecule has 0 amide bonds. The van der Waals surface area contributed by atoms with Crippen LogP contribution in [-0.4, -0.2) is 25.2 Å². The Bertz CT molecular complexity index is 760. The van der Waals surface area contributed by atoms with Gasteiger partial charge < -0.3 is 5.73 Å². The molecule has 2 rings (SSSR count). The van der Waals surface area contributed by atoms with E-state index in [0.717, 1.165) is 0 Å². The first-order valence-electron chi connectivity index (χ1n) is 5.53. The maximum atomic E-state index is 12.1. The van der Waals surface area contributed by atoms with E-state index >= 15 is 0 Å². The molecule has 0 atom stereocenters. The van der Waals surface area contributed by atoms with Gasteiger partial charge in [0.25, 0.3) is 10.0 Å². The molecule has 0 saturated carbocycles. The maximum Gasteiger partial charge on any atom is 0.265 e. The van der Waals surface area contributed by atoms with Gasteiger partial charge in [-0.15, -0.1) is 0 Å².